The van der Waals surface area contributed by atoms with Gasteiger partial charge in [0.15, 0.2) is 12.6 Å². The number of nitrogens with zero attached hydrogens (tertiary/aromatic N) is 1. The molecule has 0 heterocycles. The van der Waals surface area contributed by atoms with E-state index in [2.05, 4.69) is 6.58 Å². The Morgan fingerprint density at radius 1 is 1.23 bits per heavy atom. The van der Waals surface area contributed by atoms with Gasteiger partial charge in [-0.15, -0.1) is 0 Å². The highest BCUT2D eigenvalue weighted by Crippen LogP contribution is 1.95. The van der Waals surface area contributed by atoms with Crippen molar-refractivity contribution < 1.29 is 25.2 Å². The summed E-state index contributed by atoms with van der Waals surface area (Å²) in [5, 5.41) is 34.2. The molecule has 0 saturated carbocycles. The Morgan fingerprint density at radius 3 is 1.85 bits per heavy atom. The second-order valence-electron chi connectivity index (χ2n) is 2.41. The summed E-state index contributed by atoms with van der Waals surface area (Å²) in [6.07, 6.45) is -2.46. The van der Waals surface area contributed by atoms with Crippen LogP contribution in [0.2, 0.25) is 0 Å². The minimum absolute atomic E-state index is 0.386. The molecule has 0 aromatic rings. The van der Waals surface area contributed by atoms with Crippen LogP contribution in [0.4, 0.5) is 0 Å². The van der Waals surface area contributed by atoms with Crippen LogP contribution in [-0.4, -0.2) is 56.9 Å². The number of rotatable bonds is 5. The van der Waals surface area contributed by atoms with Gasteiger partial charge in [0.25, 0.3) is 0 Å². The van der Waals surface area contributed by atoms with Crippen LogP contribution in [-0.2, 0) is 4.79 Å². The average molecular weight is 191 g/mol. The molecule has 0 aromatic heterocycles. The Balaban J connectivity index is 4.18. The van der Waals surface area contributed by atoms with E-state index in [9.17, 15) is 4.79 Å². The molecule has 0 fully saturated rings. The van der Waals surface area contributed by atoms with Gasteiger partial charge < -0.3 is 25.3 Å². The zero-order valence-electron chi connectivity index (χ0n) is 7.00. The molecule has 0 spiro atoms. The van der Waals surface area contributed by atoms with Crippen molar-refractivity contribution in [2.24, 2.45) is 0 Å². The molecular formula is C7H13NO5. The lowest BCUT2D eigenvalue weighted by molar-refractivity contribution is -0.141. The predicted molar refractivity (Wildman–Crippen MR) is 43.2 cm³/mol. The van der Waals surface area contributed by atoms with E-state index >= 15 is 0 Å². The van der Waals surface area contributed by atoms with Gasteiger partial charge in [0, 0.05) is 0 Å². The van der Waals surface area contributed by atoms with Crippen molar-refractivity contribution in [2.75, 3.05) is 13.1 Å². The van der Waals surface area contributed by atoms with Gasteiger partial charge in [0.1, 0.15) is 0 Å². The minimum Gasteiger partial charge on any atom is -0.367 e. The molecule has 4 N–H and O–H groups in total. The molecule has 0 saturated heterocycles. The van der Waals surface area contributed by atoms with Gasteiger partial charge in [-0.2, -0.15) is 0 Å². The Hall–Kier alpha value is -0.950. The quantitative estimate of drug-likeness (QED) is 0.287. The fourth-order valence-corrected chi connectivity index (χ4v) is 0.778. The molecule has 0 bridgehead atoms. The van der Waals surface area contributed by atoms with Crippen molar-refractivity contribution >= 4 is 5.91 Å². The van der Waals surface area contributed by atoms with Crippen LogP contribution in [0.25, 0.3) is 0 Å². The van der Waals surface area contributed by atoms with Gasteiger partial charge in [0.05, 0.1) is 13.1 Å². The fourth-order valence-electron chi connectivity index (χ4n) is 0.778. The van der Waals surface area contributed by atoms with E-state index in [1.54, 1.807) is 0 Å². The lowest BCUT2D eigenvalue weighted by Gasteiger charge is -2.22. The standard InChI is InChI=1S/C7H13NO5/c1-2-5(9)8(3-6(10)11)4-7(12)13/h2,6-7,10-13H,1,3-4H2. The van der Waals surface area contributed by atoms with E-state index in [1.165, 1.54) is 0 Å². The van der Waals surface area contributed by atoms with Crippen molar-refractivity contribution in [1.82, 2.24) is 4.90 Å². The molecule has 76 valence electrons. The largest absolute Gasteiger partial charge is 0.367 e. The Morgan fingerprint density at radius 2 is 1.62 bits per heavy atom. The molecular weight excluding hydrogens is 178 g/mol. The van der Waals surface area contributed by atoms with Crippen molar-refractivity contribution in [3.8, 4) is 0 Å². The van der Waals surface area contributed by atoms with Crippen molar-refractivity contribution in [3.05, 3.63) is 12.7 Å². The number of aliphatic hydroxyl groups excluding tert-OH is 2. The summed E-state index contributed by atoms with van der Waals surface area (Å²) in [6.45, 7) is 2.41. The minimum atomic E-state index is -1.71. The average Bonchev–Trinajstić information content (AvgIpc) is 2.00. The smallest absolute Gasteiger partial charge is 0.246 e. The number of amides is 1. The third kappa shape index (κ3) is 5.31. The summed E-state index contributed by atoms with van der Waals surface area (Å²) in [5.74, 6) is -0.596. The van der Waals surface area contributed by atoms with Crippen molar-refractivity contribution in [1.29, 1.82) is 0 Å². The highest BCUT2D eigenvalue weighted by atomic mass is 16.5. The summed E-state index contributed by atoms with van der Waals surface area (Å²) in [7, 11) is 0. The second kappa shape index (κ2) is 5.65. The molecule has 0 unspecified atom stereocenters. The van der Waals surface area contributed by atoms with Crippen LogP contribution in [0.1, 0.15) is 0 Å². The Bertz CT molecular complexity index is 170. The summed E-state index contributed by atoms with van der Waals surface area (Å²) in [6, 6.07) is 0. The maximum absolute atomic E-state index is 10.9. The first kappa shape index (κ1) is 12.0. The van der Waals surface area contributed by atoms with Gasteiger partial charge in [-0.25, -0.2) is 0 Å². The maximum atomic E-state index is 10.9. The molecule has 0 aliphatic carbocycles. The van der Waals surface area contributed by atoms with Gasteiger partial charge in [-0.3, -0.25) is 4.79 Å². The number of hydrogen-bond donors (Lipinski definition) is 4. The first-order chi connectivity index (χ1) is 5.97. The molecule has 0 rings (SSSR count). The third-order valence-electron chi connectivity index (χ3n) is 1.25. The van der Waals surface area contributed by atoms with E-state index < -0.39 is 18.5 Å². The van der Waals surface area contributed by atoms with Gasteiger partial charge >= 0.3 is 0 Å². The van der Waals surface area contributed by atoms with Crippen LogP contribution in [0.15, 0.2) is 12.7 Å². The number of hydrogen-bond acceptors (Lipinski definition) is 5. The van der Waals surface area contributed by atoms with Crippen molar-refractivity contribution in [3.63, 3.8) is 0 Å². The van der Waals surface area contributed by atoms with E-state index in [0.29, 0.717) is 0 Å². The van der Waals surface area contributed by atoms with Crippen LogP contribution in [0, 0.1) is 0 Å². The lowest BCUT2D eigenvalue weighted by Crippen LogP contribution is -2.41. The molecule has 6 nitrogen and oxygen atoms in total. The second-order valence-corrected chi connectivity index (χ2v) is 2.41. The molecule has 0 atom stereocenters. The molecule has 0 aliphatic rings. The number of aliphatic hydroxyl groups is 4. The zero-order valence-corrected chi connectivity index (χ0v) is 7.00. The predicted octanol–water partition coefficient (Wildman–Crippen LogP) is -2.38. The first-order valence-corrected chi connectivity index (χ1v) is 3.61. The van der Waals surface area contributed by atoms with Gasteiger partial charge in [0.2, 0.25) is 5.91 Å². The summed E-state index contributed by atoms with van der Waals surface area (Å²) in [4.78, 5) is 11.8. The highest BCUT2D eigenvalue weighted by Gasteiger charge is 2.15. The molecule has 6 heteroatoms. The van der Waals surface area contributed by atoms with Gasteiger partial charge in [-0.1, -0.05) is 6.58 Å². The van der Waals surface area contributed by atoms with E-state index in [4.69, 9.17) is 20.4 Å². The molecule has 13 heavy (non-hydrogen) atoms. The highest BCUT2D eigenvalue weighted by molar-refractivity contribution is 5.87. The van der Waals surface area contributed by atoms with E-state index in [1.807, 2.05) is 0 Å². The van der Waals surface area contributed by atoms with Crippen molar-refractivity contribution in [2.45, 2.75) is 12.6 Å². The topological polar surface area (TPSA) is 101 Å². The monoisotopic (exact) mass is 191 g/mol. The van der Waals surface area contributed by atoms with Gasteiger partial charge in [-0.05, 0) is 6.08 Å². The Kier molecular flexibility index (Phi) is 5.24. The summed E-state index contributed by atoms with van der Waals surface area (Å²) < 4.78 is 0. The summed E-state index contributed by atoms with van der Waals surface area (Å²) >= 11 is 0. The van der Waals surface area contributed by atoms with Crippen LogP contribution in [0.5, 0.6) is 0 Å². The maximum Gasteiger partial charge on any atom is 0.246 e. The summed E-state index contributed by atoms with van der Waals surface area (Å²) in [5.41, 5.74) is 0. The Labute approximate surface area is 75.3 Å². The molecule has 0 aromatic carbocycles. The molecule has 1 amide bonds. The molecule has 0 aliphatic heterocycles. The van der Waals surface area contributed by atoms with E-state index in [0.717, 1.165) is 11.0 Å². The zero-order chi connectivity index (χ0) is 10.4. The SMILES string of the molecule is C=CC(=O)N(CC(O)O)CC(O)O. The van der Waals surface area contributed by atoms with Crippen LogP contribution in [0.3, 0.4) is 0 Å². The van der Waals surface area contributed by atoms with Crippen LogP contribution >= 0.6 is 0 Å². The van der Waals surface area contributed by atoms with Crippen LogP contribution < -0.4 is 0 Å². The third-order valence-corrected chi connectivity index (χ3v) is 1.25. The normalized spacial score (nSPS) is 10.6. The number of carbonyl (C=O) groups excluding carboxylic acids is 1. The van der Waals surface area contributed by atoms with E-state index in [-0.39, 0.29) is 13.1 Å². The first-order valence-electron chi connectivity index (χ1n) is 3.61. The number of carbonyl (C=O) groups is 1. The lowest BCUT2D eigenvalue weighted by atomic mass is 10.4. The molecule has 0 radical (unpaired) electrons. The fraction of sp³-hybridized carbons (Fsp3) is 0.571.